The Morgan fingerprint density at radius 1 is 1.42 bits per heavy atom. The van der Waals surface area contributed by atoms with Crippen molar-refractivity contribution in [1.29, 1.82) is 0 Å². The van der Waals surface area contributed by atoms with Gasteiger partial charge in [0.15, 0.2) is 0 Å². The van der Waals surface area contributed by atoms with Gasteiger partial charge < -0.3 is 10.0 Å². The average molecular weight is 264 g/mol. The molecule has 0 fully saturated rings. The second-order valence-corrected chi connectivity index (χ2v) is 4.62. The minimum Gasteiger partial charge on any atom is -0.481 e. The molecule has 7 heteroatoms. The van der Waals surface area contributed by atoms with Crippen molar-refractivity contribution in [1.82, 2.24) is 20.1 Å². The van der Waals surface area contributed by atoms with Crippen LogP contribution in [0, 0.1) is 11.8 Å². The summed E-state index contributed by atoms with van der Waals surface area (Å²) in [6, 6.07) is 0. The van der Waals surface area contributed by atoms with Gasteiger partial charge >= 0.3 is 5.97 Å². The van der Waals surface area contributed by atoms with Gasteiger partial charge in [0.05, 0.1) is 18.4 Å². The topological polar surface area (TPSA) is 99.2 Å². The molecule has 1 aliphatic carbocycles. The third-order valence-corrected chi connectivity index (χ3v) is 3.29. The number of H-pyrrole nitrogens is 1. The fourth-order valence-electron chi connectivity index (χ4n) is 2.25. The lowest BCUT2D eigenvalue weighted by atomic mass is 9.82. The standard InChI is InChI=1S/C12H16N4O3/c1-16(6-10-13-7-14-15-10)11(17)8-4-2-3-5-9(8)12(18)19/h2-3,7-9H,4-6H2,1H3,(H,18,19)(H,13,14,15)/t8-,9+/m1/s1. The molecule has 0 saturated heterocycles. The van der Waals surface area contributed by atoms with E-state index in [1.54, 1.807) is 7.05 Å². The number of hydrogen-bond donors (Lipinski definition) is 2. The van der Waals surface area contributed by atoms with Crippen LogP contribution in [0.15, 0.2) is 18.5 Å². The van der Waals surface area contributed by atoms with E-state index in [0.29, 0.717) is 25.2 Å². The third kappa shape index (κ3) is 2.98. The number of nitrogens with one attached hydrogen (secondary N) is 1. The first kappa shape index (κ1) is 13.3. The summed E-state index contributed by atoms with van der Waals surface area (Å²) in [7, 11) is 1.64. The van der Waals surface area contributed by atoms with Crippen LogP contribution in [-0.4, -0.2) is 44.1 Å². The minimum absolute atomic E-state index is 0.173. The molecule has 102 valence electrons. The van der Waals surface area contributed by atoms with Crippen molar-refractivity contribution in [3.05, 3.63) is 24.3 Å². The zero-order valence-electron chi connectivity index (χ0n) is 10.6. The van der Waals surface area contributed by atoms with Crippen molar-refractivity contribution in [2.24, 2.45) is 11.8 Å². The van der Waals surface area contributed by atoms with Crippen molar-refractivity contribution in [3.63, 3.8) is 0 Å². The van der Waals surface area contributed by atoms with Crippen LogP contribution in [0.1, 0.15) is 18.7 Å². The Labute approximate surface area is 110 Å². The lowest BCUT2D eigenvalue weighted by Crippen LogP contribution is -2.39. The number of rotatable bonds is 4. The SMILES string of the molecule is CN(Cc1ncn[nH]1)C(=O)[C@@H]1CC=CC[C@@H]1C(=O)O. The van der Waals surface area contributed by atoms with Gasteiger partial charge in [-0.15, -0.1) is 0 Å². The van der Waals surface area contributed by atoms with Crippen LogP contribution < -0.4 is 0 Å². The van der Waals surface area contributed by atoms with Gasteiger partial charge in [0.2, 0.25) is 5.91 Å². The Morgan fingerprint density at radius 3 is 2.68 bits per heavy atom. The van der Waals surface area contributed by atoms with E-state index in [2.05, 4.69) is 15.2 Å². The Bertz CT molecular complexity index is 483. The van der Waals surface area contributed by atoms with Gasteiger partial charge in [-0.25, -0.2) is 4.98 Å². The van der Waals surface area contributed by atoms with E-state index >= 15 is 0 Å². The van der Waals surface area contributed by atoms with E-state index in [9.17, 15) is 9.59 Å². The molecule has 0 radical (unpaired) electrons. The maximum atomic E-state index is 12.3. The number of carbonyl (C=O) groups excluding carboxylic acids is 1. The zero-order valence-corrected chi connectivity index (χ0v) is 10.6. The molecule has 7 nitrogen and oxygen atoms in total. The van der Waals surface area contributed by atoms with E-state index < -0.39 is 17.8 Å². The molecule has 0 aromatic carbocycles. The fourth-order valence-corrected chi connectivity index (χ4v) is 2.25. The number of aliphatic carboxylic acids is 1. The van der Waals surface area contributed by atoms with Crippen molar-refractivity contribution < 1.29 is 14.7 Å². The van der Waals surface area contributed by atoms with Crippen molar-refractivity contribution in [2.45, 2.75) is 19.4 Å². The largest absolute Gasteiger partial charge is 0.481 e. The van der Waals surface area contributed by atoms with Gasteiger partial charge in [-0.2, -0.15) is 5.10 Å². The van der Waals surface area contributed by atoms with Crippen LogP contribution in [0.3, 0.4) is 0 Å². The first-order valence-electron chi connectivity index (χ1n) is 6.06. The number of aromatic amines is 1. The fraction of sp³-hybridized carbons (Fsp3) is 0.500. The van der Waals surface area contributed by atoms with Crippen LogP contribution in [0.5, 0.6) is 0 Å². The molecule has 0 saturated carbocycles. The number of nitrogens with zero attached hydrogens (tertiary/aromatic N) is 3. The number of carboxylic acids is 1. The van der Waals surface area contributed by atoms with Gasteiger partial charge in [0.25, 0.3) is 0 Å². The van der Waals surface area contributed by atoms with Crippen molar-refractivity contribution in [3.8, 4) is 0 Å². The number of carboxylic acid groups (broad SMARTS) is 1. The number of hydrogen-bond acceptors (Lipinski definition) is 4. The summed E-state index contributed by atoms with van der Waals surface area (Å²) in [4.78, 5) is 28.9. The molecule has 2 atom stereocenters. The summed E-state index contributed by atoms with van der Waals surface area (Å²) >= 11 is 0. The highest BCUT2D eigenvalue weighted by molar-refractivity contribution is 5.85. The molecule has 0 spiro atoms. The van der Waals surface area contributed by atoms with Crippen LogP contribution in [0.2, 0.25) is 0 Å². The van der Waals surface area contributed by atoms with Gasteiger partial charge in [0, 0.05) is 7.05 Å². The van der Waals surface area contributed by atoms with E-state index in [0.717, 1.165) is 0 Å². The van der Waals surface area contributed by atoms with E-state index in [1.165, 1.54) is 11.2 Å². The maximum absolute atomic E-state index is 12.3. The normalized spacial score (nSPS) is 22.2. The molecule has 19 heavy (non-hydrogen) atoms. The molecule has 1 heterocycles. The van der Waals surface area contributed by atoms with Crippen LogP contribution in [0.4, 0.5) is 0 Å². The lowest BCUT2D eigenvalue weighted by Gasteiger charge is -2.28. The highest BCUT2D eigenvalue weighted by Crippen LogP contribution is 2.27. The van der Waals surface area contributed by atoms with Gasteiger partial charge in [-0.3, -0.25) is 14.7 Å². The highest BCUT2D eigenvalue weighted by Gasteiger charge is 2.35. The number of allylic oxidation sites excluding steroid dienone is 2. The zero-order chi connectivity index (χ0) is 13.8. The number of aromatic nitrogens is 3. The molecule has 1 aromatic rings. The molecule has 1 amide bonds. The Balaban J connectivity index is 2.05. The van der Waals surface area contributed by atoms with E-state index in [-0.39, 0.29) is 5.91 Å². The summed E-state index contributed by atoms with van der Waals surface area (Å²) in [5.41, 5.74) is 0. The summed E-state index contributed by atoms with van der Waals surface area (Å²) in [6.07, 6.45) is 5.93. The molecular weight excluding hydrogens is 248 g/mol. The molecule has 2 rings (SSSR count). The Morgan fingerprint density at radius 2 is 2.11 bits per heavy atom. The second-order valence-electron chi connectivity index (χ2n) is 4.62. The number of carbonyl (C=O) groups is 2. The summed E-state index contributed by atoms with van der Waals surface area (Å²) < 4.78 is 0. The molecule has 0 bridgehead atoms. The molecule has 0 aliphatic heterocycles. The number of amides is 1. The molecule has 1 aromatic heterocycles. The molecular formula is C12H16N4O3. The Kier molecular flexibility index (Phi) is 3.94. The average Bonchev–Trinajstić information content (AvgIpc) is 2.90. The van der Waals surface area contributed by atoms with Crippen LogP contribution in [0.25, 0.3) is 0 Å². The third-order valence-electron chi connectivity index (χ3n) is 3.29. The quantitative estimate of drug-likeness (QED) is 0.768. The predicted octanol–water partition coefficient (Wildman–Crippen LogP) is 0.430. The lowest BCUT2D eigenvalue weighted by molar-refractivity contribution is -0.150. The first-order valence-corrected chi connectivity index (χ1v) is 6.06. The Hall–Kier alpha value is -2.18. The van der Waals surface area contributed by atoms with Crippen LogP contribution in [-0.2, 0) is 16.1 Å². The monoisotopic (exact) mass is 264 g/mol. The summed E-state index contributed by atoms with van der Waals surface area (Å²) in [6.45, 7) is 0.297. The molecule has 0 unspecified atom stereocenters. The van der Waals surface area contributed by atoms with E-state index in [1.807, 2.05) is 12.2 Å². The summed E-state index contributed by atoms with van der Waals surface area (Å²) in [5.74, 6) is -1.66. The molecule has 1 aliphatic rings. The molecule has 2 N–H and O–H groups in total. The predicted molar refractivity (Wildman–Crippen MR) is 65.8 cm³/mol. The van der Waals surface area contributed by atoms with E-state index in [4.69, 9.17) is 5.11 Å². The highest BCUT2D eigenvalue weighted by atomic mass is 16.4. The minimum atomic E-state index is -0.921. The second kappa shape index (κ2) is 5.64. The van der Waals surface area contributed by atoms with Gasteiger partial charge in [-0.1, -0.05) is 12.2 Å². The van der Waals surface area contributed by atoms with Crippen molar-refractivity contribution in [2.75, 3.05) is 7.05 Å². The van der Waals surface area contributed by atoms with Crippen LogP contribution >= 0.6 is 0 Å². The van der Waals surface area contributed by atoms with Crippen molar-refractivity contribution >= 4 is 11.9 Å². The summed E-state index contributed by atoms with van der Waals surface area (Å²) in [5, 5.41) is 15.5. The van der Waals surface area contributed by atoms with Gasteiger partial charge in [0.1, 0.15) is 12.2 Å². The van der Waals surface area contributed by atoms with Gasteiger partial charge in [-0.05, 0) is 12.8 Å². The first-order chi connectivity index (χ1) is 9.09. The maximum Gasteiger partial charge on any atom is 0.307 e. The smallest absolute Gasteiger partial charge is 0.307 e.